The number of para-hydroxylation sites is 1. The molecule has 2 nitrogen and oxygen atoms in total. The van der Waals surface area contributed by atoms with E-state index in [0.29, 0.717) is 6.42 Å². The van der Waals surface area contributed by atoms with Crippen molar-refractivity contribution in [3.05, 3.63) is 63.0 Å². The van der Waals surface area contributed by atoms with Crippen LogP contribution in [0.2, 0.25) is 0 Å². The summed E-state index contributed by atoms with van der Waals surface area (Å²) < 4.78 is 1.88. The average molecular weight is 383 g/mol. The third-order valence-electron chi connectivity index (χ3n) is 2.89. The van der Waals surface area contributed by atoms with Gasteiger partial charge in [-0.05, 0) is 39.7 Å². The molecule has 0 aliphatic rings. The lowest BCUT2D eigenvalue weighted by atomic mass is 10.1. The van der Waals surface area contributed by atoms with Crippen LogP contribution >= 0.6 is 31.9 Å². The van der Waals surface area contributed by atoms with Crippen LogP contribution in [-0.2, 0) is 11.2 Å². The normalized spacial score (nSPS) is 10.3. The molecular formula is C15H13Br2NO. The van der Waals surface area contributed by atoms with E-state index in [9.17, 15) is 4.79 Å². The second kappa shape index (κ2) is 6.35. The molecule has 0 unspecified atom stereocenters. The molecule has 19 heavy (non-hydrogen) atoms. The lowest BCUT2D eigenvalue weighted by molar-refractivity contribution is -0.117. The maximum atomic E-state index is 12.3. The Balaban J connectivity index is 2.17. The molecule has 2 rings (SSSR count). The number of nitrogens with zero attached hydrogens (tertiary/aromatic N) is 1. The molecule has 0 fully saturated rings. The molecule has 1 amide bonds. The first kappa shape index (κ1) is 14.3. The van der Waals surface area contributed by atoms with Crippen LogP contribution in [0, 0.1) is 0 Å². The number of amides is 1. The zero-order valence-corrected chi connectivity index (χ0v) is 13.6. The van der Waals surface area contributed by atoms with Crippen molar-refractivity contribution in [3.8, 4) is 0 Å². The van der Waals surface area contributed by atoms with E-state index in [-0.39, 0.29) is 5.91 Å². The highest BCUT2D eigenvalue weighted by Crippen LogP contribution is 2.25. The molecule has 0 aliphatic carbocycles. The molecule has 0 bridgehead atoms. The Kier molecular flexibility index (Phi) is 4.77. The number of carbonyl (C=O) groups excluding carboxylic acids is 1. The Hall–Kier alpha value is -1.13. The SMILES string of the molecule is CN(C(=O)Cc1ccccc1Br)c1ccccc1Br. The minimum atomic E-state index is 0.0544. The lowest BCUT2D eigenvalue weighted by Gasteiger charge is -2.19. The molecule has 0 N–H and O–H groups in total. The van der Waals surface area contributed by atoms with Crippen LogP contribution in [0.4, 0.5) is 5.69 Å². The van der Waals surface area contributed by atoms with Gasteiger partial charge >= 0.3 is 0 Å². The number of likely N-dealkylation sites (N-methyl/N-ethyl adjacent to an activating group) is 1. The van der Waals surface area contributed by atoms with Gasteiger partial charge < -0.3 is 4.90 Å². The largest absolute Gasteiger partial charge is 0.314 e. The summed E-state index contributed by atoms with van der Waals surface area (Å²) in [5, 5.41) is 0. The van der Waals surface area contributed by atoms with Crippen molar-refractivity contribution in [2.45, 2.75) is 6.42 Å². The summed E-state index contributed by atoms with van der Waals surface area (Å²) >= 11 is 6.93. The number of hydrogen-bond acceptors (Lipinski definition) is 1. The summed E-state index contributed by atoms with van der Waals surface area (Å²) in [7, 11) is 1.79. The van der Waals surface area contributed by atoms with Crippen LogP contribution in [0.15, 0.2) is 57.5 Å². The van der Waals surface area contributed by atoms with E-state index in [1.165, 1.54) is 0 Å². The fraction of sp³-hybridized carbons (Fsp3) is 0.133. The molecular weight excluding hydrogens is 370 g/mol. The summed E-state index contributed by atoms with van der Waals surface area (Å²) in [5.74, 6) is 0.0544. The van der Waals surface area contributed by atoms with E-state index < -0.39 is 0 Å². The monoisotopic (exact) mass is 381 g/mol. The Bertz CT molecular complexity index is 598. The van der Waals surface area contributed by atoms with Gasteiger partial charge in [0.05, 0.1) is 12.1 Å². The fourth-order valence-electron chi connectivity index (χ4n) is 1.78. The summed E-state index contributed by atoms with van der Waals surface area (Å²) in [6.45, 7) is 0. The molecule has 2 aromatic carbocycles. The molecule has 0 heterocycles. The highest BCUT2D eigenvalue weighted by atomic mass is 79.9. The van der Waals surface area contributed by atoms with Crippen LogP contribution in [0.1, 0.15) is 5.56 Å². The van der Waals surface area contributed by atoms with Crippen LogP contribution in [-0.4, -0.2) is 13.0 Å². The van der Waals surface area contributed by atoms with Crippen molar-refractivity contribution in [1.82, 2.24) is 0 Å². The highest BCUT2D eigenvalue weighted by Gasteiger charge is 2.14. The van der Waals surface area contributed by atoms with Gasteiger partial charge in [-0.2, -0.15) is 0 Å². The number of anilines is 1. The van der Waals surface area contributed by atoms with Gasteiger partial charge in [0.1, 0.15) is 0 Å². The van der Waals surface area contributed by atoms with E-state index in [4.69, 9.17) is 0 Å². The van der Waals surface area contributed by atoms with Gasteiger partial charge in [-0.25, -0.2) is 0 Å². The molecule has 0 aromatic heterocycles. The van der Waals surface area contributed by atoms with Crippen molar-refractivity contribution in [1.29, 1.82) is 0 Å². The number of benzene rings is 2. The Morgan fingerprint density at radius 2 is 1.58 bits per heavy atom. The number of halogens is 2. The zero-order chi connectivity index (χ0) is 13.8. The topological polar surface area (TPSA) is 20.3 Å². The van der Waals surface area contributed by atoms with Crippen molar-refractivity contribution in [3.63, 3.8) is 0 Å². The first-order chi connectivity index (χ1) is 9.09. The van der Waals surface area contributed by atoms with Crippen molar-refractivity contribution in [2.24, 2.45) is 0 Å². The van der Waals surface area contributed by atoms with Gasteiger partial charge in [-0.1, -0.05) is 46.3 Å². The molecule has 2 aromatic rings. The van der Waals surface area contributed by atoms with Crippen molar-refractivity contribution in [2.75, 3.05) is 11.9 Å². The van der Waals surface area contributed by atoms with Gasteiger partial charge in [0.15, 0.2) is 0 Å². The van der Waals surface area contributed by atoms with Crippen LogP contribution < -0.4 is 4.90 Å². The Morgan fingerprint density at radius 1 is 1.00 bits per heavy atom. The third kappa shape index (κ3) is 3.45. The number of carbonyl (C=O) groups is 1. The second-order valence-corrected chi connectivity index (χ2v) is 5.88. The lowest BCUT2D eigenvalue weighted by Crippen LogP contribution is -2.28. The predicted octanol–water partition coefficient (Wildman–Crippen LogP) is 4.42. The smallest absolute Gasteiger partial charge is 0.231 e. The van der Waals surface area contributed by atoms with Crippen molar-refractivity contribution >= 4 is 43.5 Å². The summed E-state index contributed by atoms with van der Waals surface area (Å²) in [5.41, 5.74) is 1.87. The molecule has 0 radical (unpaired) electrons. The standard InChI is InChI=1S/C15H13Br2NO/c1-18(14-9-5-4-8-13(14)17)15(19)10-11-6-2-3-7-12(11)16/h2-9H,10H2,1H3. The molecule has 0 spiro atoms. The highest BCUT2D eigenvalue weighted by molar-refractivity contribution is 9.10. The Labute approximate surface area is 129 Å². The minimum Gasteiger partial charge on any atom is -0.314 e. The van der Waals surface area contributed by atoms with E-state index >= 15 is 0 Å². The first-order valence-corrected chi connectivity index (χ1v) is 7.42. The maximum absolute atomic E-state index is 12.3. The summed E-state index contributed by atoms with van der Waals surface area (Å²) in [6, 6.07) is 15.5. The van der Waals surface area contributed by atoms with E-state index in [1.54, 1.807) is 11.9 Å². The summed E-state index contributed by atoms with van der Waals surface area (Å²) in [4.78, 5) is 14.0. The Morgan fingerprint density at radius 3 is 2.21 bits per heavy atom. The van der Waals surface area contributed by atoms with Crippen LogP contribution in [0.5, 0.6) is 0 Å². The minimum absolute atomic E-state index is 0.0544. The van der Waals surface area contributed by atoms with Gasteiger partial charge in [-0.3, -0.25) is 4.79 Å². The predicted molar refractivity (Wildman–Crippen MR) is 85.4 cm³/mol. The van der Waals surface area contributed by atoms with Gasteiger partial charge in [0.25, 0.3) is 0 Å². The quantitative estimate of drug-likeness (QED) is 0.769. The fourth-order valence-corrected chi connectivity index (χ4v) is 2.76. The van der Waals surface area contributed by atoms with Crippen LogP contribution in [0.3, 0.4) is 0 Å². The number of hydrogen-bond donors (Lipinski definition) is 0. The van der Waals surface area contributed by atoms with Gasteiger partial charge in [-0.15, -0.1) is 0 Å². The molecule has 0 atom stereocenters. The maximum Gasteiger partial charge on any atom is 0.231 e. The second-order valence-electron chi connectivity index (χ2n) is 4.17. The average Bonchev–Trinajstić information content (AvgIpc) is 2.41. The third-order valence-corrected chi connectivity index (χ3v) is 4.33. The molecule has 98 valence electrons. The summed E-state index contributed by atoms with van der Waals surface area (Å²) in [6.07, 6.45) is 0.374. The molecule has 4 heteroatoms. The van der Waals surface area contributed by atoms with E-state index in [2.05, 4.69) is 31.9 Å². The molecule has 0 saturated heterocycles. The molecule has 0 aliphatic heterocycles. The molecule has 0 saturated carbocycles. The van der Waals surface area contributed by atoms with E-state index in [0.717, 1.165) is 20.2 Å². The zero-order valence-electron chi connectivity index (χ0n) is 10.4. The van der Waals surface area contributed by atoms with Gasteiger partial charge in [0, 0.05) is 16.0 Å². The number of rotatable bonds is 3. The van der Waals surface area contributed by atoms with Crippen molar-refractivity contribution < 1.29 is 4.79 Å². The first-order valence-electron chi connectivity index (χ1n) is 5.84. The van der Waals surface area contributed by atoms with Gasteiger partial charge in [0.2, 0.25) is 5.91 Å². The van der Waals surface area contributed by atoms with Crippen LogP contribution in [0.25, 0.3) is 0 Å². The van der Waals surface area contributed by atoms with E-state index in [1.807, 2.05) is 48.5 Å².